The summed E-state index contributed by atoms with van der Waals surface area (Å²) in [5.74, 6) is -0.151. The van der Waals surface area contributed by atoms with E-state index in [0.29, 0.717) is 6.04 Å². The molecule has 0 saturated heterocycles. The number of hydrogen-bond donors (Lipinski definition) is 1. The molecule has 1 saturated carbocycles. The van der Waals surface area contributed by atoms with Crippen molar-refractivity contribution in [3.63, 3.8) is 0 Å². The fraction of sp³-hybridized carbons (Fsp3) is 0.500. The van der Waals surface area contributed by atoms with E-state index >= 15 is 0 Å². The highest BCUT2D eigenvalue weighted by Gasteiger charge is 2.40. The normalized spacial score (nSPS) is 31.2. The Bertz CT molecular complexity index is 312. The molecule has 0 aromatic heterocycles. The molecule has 0 radical (unpaired) electrons. The van der Waals surface area contributed by atoms with Gasteiger partial charge in [-0.05, 0) is 43.0 Å². The Kier molecular flexibility index (Phi) is 2.31. The van der Waals surface area contributed by atoms with Crippen LogP contribution in [0.1, 0.15) is 25.3 Å². The van der Waals surface area contributed by atoms with Crippen molar-refractivity contribution in [2.45, 2.75) is 31.2 Å². The van der Waals surface area contributed by atoms with E-state index in [2.05, 4.69) is 12.2 Å². The molecule has 0 heterocycles. The van der Waals surface area contributed by atoms with Gasteiger partial charge in [0, 0.05) is 6.04 Å². The Labute approximate surface area is 84.3 Å². The minimum Gasteiger partial charge on any atom is -0.317 e. The molecular weight excluding hydrogens is 177 g/mol. The lowest BCUT2D eigenvalue weighted by Gasteiger charge is -2.45. The second kappa shape index (κ2) is 3.35. The van der Waals surface area contributed by atoms with Crippen LogP contribution in [0, 0.1) is 5.82 Å². The van der Waals surface area contributed by atoms with Gasteiger partial charge in [-0.3, -0.25) is 0 Å². The zero-order chi connectivity index (χ0) is 10.2. The average molecular weight is 193 g/mol. The molecule has 0 atom stereocenters. The van der Waals surface area contributed by atoms with E-state index in [1.165, 1.54) is 5.56 Å². The topological polar surface area (TPSA) is 12.0 Å². The van der Waals surface area contributed by atoms with Crippen LogP contribution < -0.4 is 5.32 Å². The monoisotopic (exact) mass is 193 g/mol. The first-order chi connectivity index (χ1) is 6.64. The summed E-state index contributed by atoms with van der Waals surface area (Å²) in [6.45, 7) is 2.24. The minimum absolute atomic E-state index is 0.151. The summed E-state index contributed by atoms with van der Waals surface area (Å²) in [4.78, 5) is 0. The second-order valence-corrected chi connectivity index (χ2v) is 4.46. The molecule has 2 heteroatoms. The van der Waals surface area contributed by atoms with E-state index in [0.717, 1.165) is 12.8 Å². The van der Waals surface area contributed by atoms with Gasteiger partial charge in [0.2, 0.25) is 0 Å². The van der Waals surface area contributed by atoms with E-state index in [1.807, 2.05) is 19.2 Å². The Morgan fingerprint density at radius 3 is 2.36 bits per heavy atom. The lowest BCUT2D eigenvalue weighted by atomic mass is 9.63. The van der Waals surface area contributed by atoms with E-state index in [-0.39, 0.29) is 11.2 Å². The van der Waals surface area contributed by atoms with Crippen LogP contribution in [0.2, 0.25) is 0 Å². The highest BCUT2D eigenvalue weighted by molar-refractivity contribution is 5.29. The SMILES string of the molecule is CNC1CC(C)(c2ccc(F)cc2)C1. The fourth-order valence-corrected chi connectivity index (χ4v) is 2.32. The van der Waals surface area contributed by atoms with Gasteiger partial charge in [-0.25, -0.2) is 4.39 Å². The average Bonchev–Trinajstić information content (AvgIpc) is 2.14. The van der Waals surface area contributed by atoms with E-state index < -0.39 is 0 Å². The van der Waals surface area contributed by atoms with Gasteiger partial charge < -0.3 is 5.32 Å². The Morgan fingerprint density at radius 1 is 1.29 bits per heavy atom. The van der Waals surface area contributed by atoms with E-state index in [1.54, 1.807) is 12.1 Å². The summed E-state index contributed by atoms with van der Waals surface area (Å²) in [6.07, 6.45) is 2.30. The third kappa shape index (κ3) is 1.55. The molecule has 1 aromatic carbocycles. The third-order valence-corrected chi connectivity index (χ3v) is 3.34. The smallest absolute Gasteiger partial charge is 0.123 e. The number of benzene rings is 1. The maximum absolute atomic E-state index is 12.7. The molecule has 14 heavy (non-hydrogen) atoms. The molecule has 0 spiro atoms. The molecule has 76 valence electrons. The minimum atomic E-state index is -0.151. The van der Waals surface area contributed by atoms with Crippen molar-refractivity contribution in [1.29, 1.82) is 0 Å². The Morgan fingerprint density at radius 2 is 1.86 bits per heavy atom. The number of rotatable bonds is 2. The van der Waals surface area contributed by atoms with Crippen LogP contribution in [0.25, 0.3) is 0 Å². The Hall–Kier alpha value is -0.890. The van der Waals surface area contributed by atoms with Gasteiger partial charge in [0.05, 0.1) is 0 Å². The first-order valence-corrected chi connectivity index (χ1v) is 5.07. The standard InChI is InChI=1S/C12H16FN/c1-12(7-11(8-12)14-2)9-3-5-10(13)6-4-9/h3-6,11,14H,7-8H2,1-2H3. The summed E-state index contributed by atoms with van der Waals surface area (Å²) in [5.41, 5.74) is 1.51. The molecule has 1 fully saturated rings. The number of nitrogens with one attached hydrogen (secondary N) is 1. The van der Waals surface area contributed by atoms with Crippen LogP contribution in [0.3, 0.4) is 0 Å². The second-order valence-electron chi connectivity index (χ2n) is 4.46. The molecule has 2 rings (SSSR count). The highest BCUT2D eigenvalue weighted by Crippen LogP contribution is 2.43. The van der Waals surface area contributed by atoms with Crippen molar-refractivity contribution < 1.29 is 4.39 Å². The zero-order valence-corrected chi connectivity index (χ0v) is 8.68. The van der Waals surface area contributed by atoms with Crippen molar-refractivity contribution in [1.82, 2.24) is 5.32 Å². The van der Waals surface area contributed by atoms with Crippen molar-refractivity contribution in [3.8, 4) is 0 Å². The van der Waals surface area contributed by atoms with Crippen molar-refractivity contribution in [3.05, 3.63) is 35.6 Å². The summed E-state index contributed by atoms with van der Waals surface area (Å²) in [6, 6.07) is 7.54. The van der Waals surface area contributed by atoms with Crippen LogP contribution in [-0.2, 0) is 5.41 Å². The number of halogens is 1. The van der Waals surface area contributed by atoms with Gasteiger partial charge in [0.15, 0.2) is 0 Å². The van der Waals surface area contributed by atoms with Crippen LogP contribution in [0.5, 0.6) is 0 Å². The molecule has 1 N–H and O–H groups in total. The first kappa shape index (κ1) is 9.66. The Balaban J connectivity index is 2.13. The van der Waals surface area contributed by atoms with Crippen molar-refractivity contribution >= 4 is 0 Å². The van der Waals surface area contributed by atoms with Gasteiger partial charge in [0.25, 0.3) is 0 Å². The van der Waals surface area contributed by atoms with Crippen LogP contribution in [-0.4, -0.2) is 13.1 Å². The summed E-state index contributed by atoms with van der Waals surface area (Å²) >= 11 is 0. The molecule has 0 aliphatic heterocycles. The molecule has 1 nitrogen and oxygen atoms in total. The van der Waals surface area contributed by atoms with E-state index in [9.17, 15) is 4.39 Å². The van der Waals surface area contributed by atoms with Gasteiger partial charge in [-0.2, -0.15) is 0 Å². The molecule has 0 bridgehead atoms. The van der Waals surface area contributed by atoms with Gasteiger partial charge >= 0.3 is 0 Å². The molecule has 0 amide bonds. The molecule has 1 aliphatic carbocycles. The highest BCUT2D eigenvalue weighted by atomic mass is 19.1. The summed E-state index contributed by atoms with van der Waals surface area (Å²) in [5, 5.41) is 3.26. The molecular formula is C12H16FN. The zero-order valence-electron chi connectivity index (χ0n) is 8.68. The number of hydrogen-bond acceptors (Lipinski definition) is 1. The van der Waals surface area contributed by atoms with Crippen LogP contribution >= 0.6 is 0 Å². The summed E-state index contributed by atoms with van der Waals surface area (Å²) in [7, 11) is 1.99. The quantitative estimate of drug-likeness (QED) is 0.760. The maximum Gasteiger partial charge on any atom is 0.123 e. The molecule has 1 aliphatic rings. The maximum atomic E-state index is 12.7. The predicted octanol–water partition coefficient (Wildman–Crippen LogP) is 2.47. The third-order valence-electron chi connectivity index (χ3n) is 3.34. The lowest BCUT2D eigenvalue weighted by molar-refractivity contribution is 0.199. The van der Waals surface area contributed by atoms with Gasteiger partial charge in [-0.1, -0.05) is 19.1 Å². The fourth-order valence-electron chi connectivity index (χ4n) is 2.32. The predicted molar refractivity (Wildman–Crippen MR) is 55.8 cm³/mol. The van der Waals surface area contributed by atoms with Crippen LogP contribution in [0.4, 0.5) is 4.39 Å². The van der Waals surface area contributed by atoms with E-state index in [4.69, 9.17) is 0 Å². The molecule has 1 aromatic rings. The van der Waals surface area contributed by atoms with Crippen molar-refractivity contribution in [2.24, 2.45) is 0 Å². The van der Waals surface area contributed by atoms with Crippen molar-refractivity contribution in [2.75, 3.05) is 7.05 Å². The molecule has 0 unspecified atom stereocenters. The van der Waals surface area contributed by atoms with Gasteiger partial charge in [-0.15, -0.1) is 0 Å². The largest absolute Gasteiger partial charge is 0.317 e. The van der Waals surface area contributed by atoms with Gasteiger partial charge in [0.1, 0.15) is 5.82 Å². The summed E-state index contributed by atoms with van der Waals surface area (Å²) < 4.78 is 12.7. The lowest BCUT2D eigenvalue weighted by Crippen LogP contribution is -2.48. The first-order valence-electron chi connectivity index (χ1n) is 5.07. The van der Waals surface area contributed by atoms with Crippen LogP contribution in [0.15, 0.2) is 24.3 Å².